The van der Waals surface area contributed by atoms with E-state index in [1.54, 1.807) is 0 Å². The molecule has 0 saturated carbocycles. The molecule has 1 aliphatic rings. The van der Waals surface area contributed by atoms with Gasteiger partial charge in [0.2, 0.25) is 5.91 Å². The Labute approximate surface area is 120 Å². The second-order valence-corrected chi connectivity index (χ2v) is 6.01. The van der Waals surface area contributed by atoms with Crippen LogP contribution in [0.25, 0.3) is 0 Å². The molecule has 4 heteroatoms. The van der Waals surface area contributed by atoms with Gasteiger partial charge in [0.15, 0.2) is 0 Å². The van der Waals surface area contributed by atoms with E-state index in [1.165, 1.54) is 0 Å². The van der Waals surface area contributed by atoms with Gasteiger partial charge < -0.3 is 15.8 Å². The van der Waals surface area contributed by atoms with Crippen molar-refractivity contribution < 1.29 is 9.53 Å². The van der Waals surface area contributed by atoms with Crippen LogP contribution < -0.4 is 11.1 Å². The van der Waals surface area contributed by atoms with E-state index in [9.17, 15) is 4.79 Å². The zero-order valence-corrected chi connectivity index (χ0v) is 12.3. The van der Waals surface area contributed by atoms with Crippen LogP contribution in [0.5, 0.6) is 0 Å². The topological polar surface area (TPSA) is 64.3 Å². The summed E-state index contributed by atoms with van der Waals surface area (Å²) in [5.74, 6) is 0.601. The van der Waals surface area contributed by atoms with Gasteiger partial charge in [0.25, 0.3) is 0 Å². The van der Waals surface area contributed by atoms with Crippen LogP contribution in [0.3, 0.4) is 0 Å². The molecule has 0 unspecified atom stereocenters. The molecule has 0 radical (unpaired) electrons. The number of hydrogen-bond acceptors (Lipinski definition) is 3. The van der Waals surface area contributed by atoms with Crippen LogP contribution in [0.15, 0.2) is 24.3 Å². The van der Waals surface area contributed by atoms with Crippen molar-refractivity contribution in [3.05, 3.63) is 29.8 Å². The quantitative estimate of drug-likeness (QED) is 0.828. The van der Waals surface area contributed by atoms with E-state index in [0.29, 0.717) is 11.6 Å². The highest BCUT2D eigenvalue weighted by atomic mass is 16.5. The first-order valence-corrected chi connectivity index (χ1v) is 7.22. The minimum absolute atomic E-state index is 0.0637. The number of nitrogens with one attached hydrogen (secondary N) is 1. The molecule has 0 bridgehead atoms. The Bertz CT molecular complexity index is 448. The molecule has 20 heavy (non-hydrogen) atoms. The molecule has 1 heterocycles. The Morgan fingerprint density at radius 3 is 2.50 bits per heavy atom. The van der Waals surface area contributed by atoms with Gasteiger partial charge in [-0.15, -0.1) is 0 Å². The number of benzene rings is 1. The number of anilines is 1. The lowest BCUT2D eigenvalue weighted by molar-refractivity contribution is -0.126. The van der Waals surface area contributed by atoms with Crippen molar-refractivity contribution in [2.75, 3.05) is 25.5 Å². The predicted octanol–water partition coefficient (Wildman–Crippen LogP) is 2.09. The van der Waals surface area contributed by atoms with E-state index in [1.807, 2.05) is 38.1 Å². The number of rotatable bonds is 4. The van der Waals surface area contributed by atoms with Crippen LogP contribution in [0.4, 0.5) is 5.69 Å². The van der Waals surface area contributed by atoms with E-state index < -0.39 is 5.41 Å². The van der Waals surface area contributed by atoms with Crippen LogP contribution in [0.2, 0.25) is 0 Å². The zero-order valence-electron chi connectivity index (χ0n) is 12.3. The molecule has 0 spiro atoms. The summed E-state index contributed by atoms with van der Waals surface area (Å²) in [5, 5.41) is 3.08. The maximum Gasteiger partial charge on any atom is 0.230 e. The van der Waals surface area contributed by atoms with Gasteiger partial charge >= 0.3 is 0 Å². The molecule has 2 rings (SSSR count). The van der Waals surface area contributed by atoms with Gasteiger partial charge in [0.05, 0.1) is 5.41 Å². The van der Waals surface area contributed by atoms with Crippen LogP contribution in [-0.2, 0) is 14.9 Å². The maximum atomic E-state index is 12.4. The SMILES string of the molecule is CC(C)(C(=O)NCC1CCOCC1)c1ccc(N)cc1. The van der Waals surface area contributed by atoms with Crippen molar-refractivity contribution in [2.45, 2.75) is 32.1 Å². The molecule has 1 aliphatic heterocycles. The number of hydrogen-bond donors (Lipinski definition) is 2. The molecule has 110 valence electrons. The summed E-state index contributed by atoms with van der Waals surface area (Å²) in [6.07, 6.45) is 2.06. The molecule has 1 aromatic rings. The number of ether oxygens (including phenoxy) is 1. The van der Waals surface area contributed by atoms with Gasteiger partial charge in [0, 0.05) is 25.4 Å². The molecule has 1 aromatic carbocycles. The standard InChI is InChI=1S/C16H24N2O2/c1-16(2,13-3-5-14(17)6-4-13)15(19)18-11-12-7-9-20-10-8-12/h3-6,12H,7-11,17H2,1-2H3,(H,18,19). The lowest BCUT2D eigenvalue weighted by atomic mass is 9.83. The highest BCUT2D eigenvalue weighted by molar-refractivity contribution is 5.87. The van der Waals surface area contributed by atoms with Crippen molar-refractivity contribution in [1.82, 2.24) is 5.32 Å². The van der Waals surface area contributed by atoms with Gasteiger partial charge in [-0.25, -0.2) is 0 Å². The summed E-state index contributed by atoms with van der Waals surface area (Å²) >= 11 is 0. The maximum absolute atomic E-state index is 12.4. The lowest BCUT2D eigenvalue weighted by Gasteiger charge is -2.27. The molecule has 0 aliphatic carbocycles. The van der Waals surface area contributed by atoms with E-state index in [-0.39, 0.29) is 5.91 Å². The van der Waals surface area contributed by atoms with E-state index >= 15 is 0 Å². The van der Waals surface area contributed by atoms with Crippen LogP contribution in [0, 0.1) is 5.92 Å². The first-order chi connectivity index (χ1) is 9.50. The van der Waals surface area contributed by atoms with Crippen molar-refractivity contribution in [3.63, 3.8) is 0 Å². The van der Waals surface area contributed by atoms with Gasteiger partial charge in [-0.2, -0.15) is 0 Å². The third kappa shape index (κ3) is 3.51. The fraction of sp³-hybridized carbons (Fsp3) is 0.562. The third-order valence-corrected chi connectivity index (χ3v) is 4.09. The molecular formula is C16H24N2O2. The first-order valence-electron chi connectivity index (χ1n) is 7.22. The molecule has 4 nitrogen and oxygen atoms in total. The molecule has 1 amide bonds. The predicted molar refractivity (Wildman–Crippen MR) is 80.4 cm³/mol. The second-order valence-electron chi connectivity index (χ2n) is 6.01. The van der Waals surface area contributed by atoms with Crippen molar-refractivity contribution in [1.29, 1.82) is 0 Å². The van der Waals surface area contributed by atoms with E-state index in [4.69, 9.17) is 10.5 Å². The highest BCUT2D eigenvalue weighted by Crippen LogP contribution is 2.24. The molecule has 1 fully saturated rings. The van der Waals surface area contributed by atoms with Crippen LogP contribution in [-0.4, -0.2) is 25.7 Å². The van der Waals surface area contributed by atoms with Gasteiger partial charge in [-0.05, 0) is 50.3 Å². The Morgan fingerprint density at radius 2 is 1.90 bits per heavy atom. The van der Waals surface area contributed by atoms with E-state index in [2.05, 4.69) is 5.32 Å². The Hall–Kier alpha value is -1.55. The largest absolute Gasteiger partial charge is 0.399 e. The first kappa shape index (κ1) is 14.9. The second kappa shape index (κ2) is 6.27. The number of amides is 1. The monoisotopic (exact) mass is 276 g/mol. The van der Waals surface area contributed by atoms with Crippen molar-refractivity contribution >= 4 is 11.6 Å². The summed E-state index contributed by atoms with van der Waals surface area (Å²) in [5.41, 5.74) is 6.84. The van der Waals surface area contributed by atoms with Crippen molar-refractivity contribution in [2.24, 2.45) is 5.92 Å². The minimum Gasteiger partial charge on any atom is -0.399 e. The number of nitrogens with two attached hydrogens (primary N) is 1. The summed E-state index contributed by atoms with van der Waals surface area (Å²) in [7, 11) is 0. The minimum atomic E-state index is -0.543. The Kier molecular flexibility index (Phi) is 4.65. The summed E-state index contributed by atoms with van der Waals surface area (Å²) in [6, 6.07) is 7.51. The summed E-state index contributed by atoms with van der Waals surface area (Å²) < 4.78 is 5.33. The van der Waals surface area contributed by atoms with Gasteiger partial charge in [0.1, 0.15) is 0 Å². The fourth-order valence-electron chi connectivity index (χ4n) is 2.44. The Balaban J connectivity index is 1.94. The van der Waals surface area contributed by atoms with Crippen LogP contribution >= 0.6 is 0 Å². The average Bonchev–Trinajstić information content (AvgIpc) is 2.46. The normalized spacial score (nSPS) is 16.9. The third-order valence-electron chi connectivity index (χ3n) is 4.09. The van der Waals surface area contributed by atoms with Crippen LogP contribution in [0.1, 0.15) is 32.3 Å². The molecule has 3 N–H and O–H groups in total. The smallest absolute Gasteiger partial charge is 0.230 e. The number of carbonyl (C=O) groups excluding carboxylic acids is 1. The molecular weight excluding hydrogens is 252 g/mol. The Morgan fingerprint density at radius 1 is 1.30 bits per heavy atom. The lowest BCUT2D eigenvalue weighted by Crippen LogP contribution is -2.42. The molecule has 1 saturated heterocycles. The number of nitrogen functional groups attached to an aromatic ring is 1. The highest BCUT2D eigenvalue weighted by Gasteiger charge is 2.30. The summed E-state index contributed by atoms with van der Waals surface area (Å²) in [6.45, 7) is 6.24. The molecule has 0 atom stereocenters. The summed E-state index contributed by atoms with van der Waals surface area (Å²) in [4.78, 5) is 12.4. The van der Waals surface area contributed by atoms with E-state index in [0.717, 1.165) is 38.2 Å². The number of carbonyl (C=O) groups is 1. The zero-order chi connectivity index (χ0) is 14.6. The van der Waals surface area contributed by atoms with Gasteiger partial charge in [-0.3, -0.25) is 4.79 Å². The fourth-order valence-corrected chi connectivity index (χ4v) is 2.44. The average molecular weight is 276 g/mol. The molecule has 0 aromatic heterocycles. The van der Waals surface area contributed by atoms with Gasteiger partial charge in [-0.1, -0.05) is 12.1 Å². The van der Waals surface area contributed by atoms with Crippen molar-refractivity contribution in [3.8, 4) is 0 Å².